The van der Waals surface area contributed by atoms with Gasteiger partial charge in [0.15, 0.2) is 11.4 Å². The smallest absolute Gasteiger partial charge is 0.186 e. The van der Waals surface area contributed by atoms with Crippen LogP contribution in [0.2, 0.25) is 0 Å². The Hall–Kier alpha value is -2.48. The zero-order valence-electron chi connectivity index (χ0n) is 14.5. The molecule has 0 bridgehead atoms. The monoisotopic (exact) mass is 342 g/mol. The summed E-state index contributed by atoms with van der Waals surface area (Å²) in [6.45, 7) is 2.40. The van der Waals surface area contributed by atoms with Gasteiger partial charge in [-0.1, -0.05) is 5.16 Å². The van der Waals surface area contributed by atoms with E-state index in [1.165, 1.54) is 0 Å². The summed E-state index contributed by atoms with van der Waals surface area (Å²) in [5.74, 6) is 1.65. The quantitative estimate of drug-likeness (QED) is 0.762. The first kappa shape index (κ1) is 16.0. The van der Waals surface area contributed by atoms with Crippen molar-refractivity contribution in [2.45, 2.75) is 51.4 Å². The number of anilines is 1. The minimum absolute atomic E-state index is 0.271. The third-order valence-electron chi connectivity index (χ3n) is 4.58. The van der Waals surface area contributed by atoms with Crippen LogP contribution in [0.3, 0.4) is 0 Å². The zero-order valence-corrected chi connectivity index (χ0v) is 14.5. The maximum atomic E-state index is 5.95. The first-order valence-electron chi connectivity index (χ1n) is 8.62. The second kappa shape index (κ2) is 6.79. The van der Waals surface area contributed by atoms with Crippen LogP contribution in [0.1, 0.15) is 37.1 Å². The molecule has 3 aromatic heterocycles. The molecule has 1 aliphatic carbocycles. The molecule has 8 nitrogen and oxygen atoms in total. The molecular formula is C17H22N6O2. The van der Waals surface area contributed by atoms with Gasteiger partial charge < -0.3 is 14.6 Å². The fraction of sp³-hybridized carbons (Fsp3) is 0.529. The molecule has 0 radical (unpaired) electrons. The van der Waals surface area contributed by atoms with Crippen molar-refractivity contribution in [2.24, 2.45) is 7.05 Å². The molecule has 8 heteroatoms. The van der Waals surface area contributed by atoms with Crippen LogP contribution in [-0.2, 0) is 18.4 Å². The molecule has 1 saturated carbocycles. The molecule has 0 saturated heterocycles. The van der Waals surface area contributed by atoms with E-state index in [4.69, 9.17) is 9.26 Å². The van der Waals surface area contributed by atoms with Gasteiger partial charge in [0.2, 0.25) is 0 Å². The molecule has 3 aromatic rings. The first-order chi connectivity index (χ1) is 12.2. The van der Waals surface area contributed by atoms with Gasteiger partial charge in [-0.2, -0.15) is 5.10 Å². The second-order valence-electron chi connectivity index (χ2n) is 6.63. The Kier molecular flexibility index (Phi) is 4.35. The highest BCUT2D eigenvalue weighted by Gasteiger charge is 2.23. The summed E-state index contributed by atoms with van der Waals surface area (Å²) in [7, 11) is 1.89. The number of ether oxygens (including phenoxy) is 1. The number of nitrogens with zero attached hydrogens (tertiary/aromatic N) is 5. The van der Waals surface area contributed by atoms with E-state index in [-0.39, 0.29) is 6.10 Å². The lowest BCUT2D eigenvalue weighted by Gasteiger charge is -2.29. The van der Waals surface area contributed by atoms with Gasteiger partial charge in [0.1, 0.15) is 18.8 Å². The van der Waals surface area contributed by atoms with E-state index in [9.17, 15) is 0 Å². The van der Waals surface area contributed by atoms with Crippen LogP contribution in [0.25, 0.3) is 11.0 Å². The van der Waals surface area contributed by atoms with E-state index in [0.29, 0.717) is 12.6 Å². The van der Waals surface area contributed by atoms with Crippen LogP contribution in [0.4, 0.5) is 5.82 Å². The Morgan fingerprint density at radius 3 is 2.88 bits per heavy atom. The molecule has 0 amide bonds. The molecule has 1 N–H and O–H groups in total. The van der Waals surface area contributed by atoms with Crippen molar-refractivity contribution in [3.8, 4) is 0 Å². The van der Waals surface area contributed by atoms with E-state index >= 15 is 0 Å². The summed E-state index contributed by atoms with van der Waals surface area (Å²) in [5, 5.41) is 12.7. The summed E-state index contributed by atoms with van der Waals surface area (Å²) in [5.41, 5.74) is 1.61. The van der Waals surface area contributed by atoms with Crippen molar-refractivity contribution in [1.29, 1.82) is 0 Å². The van der Waals surface area contributed by atoms with Gasteiger partial charge in [-0.15, -0.1) is 0 Å². The molecule has 0 aliphatic heterocycles. The number of hydrogen-bond donors (Lipinski definition) is 1. The zero-order chi connectivity index (χ0) is 17.2. The predicted molar refractivity (Wildman–Crippen MR) is 92.0 cm³/mol. The van der Waals surface area contributed by atoms with Crippen LogP contribution in [0, 0.1) is 6.92 Å². The Morgan fingerprint density at radius 1 is 1.28 bits per heavy atom. The third kappa shape index (κ3) is 3.63. The first-order valence-corrected chi connectivity index (χ1v) is 8.62. The highest BCUT2D eigenvalue weighted by molar-refractivity contribution is 5.85. The number of rotatable bonds is 5. The number of hydrogen-bond acceptors (Lipinski definition) is 7. The molecule has 4 rings (SSSR count). The molecule has 0 atom stereocenters. The van der Waals surface area contributed by atoms with Crippen molar-refractivity contribution in [3.05, 3.63) is 30.0 Å². The molecule has 0 unspecified atom stereocenters. The minimum atomic E-state index is 0.271. The van der Waals surface area contributed by atoms with Crippen molar-refractivity contribution >= 4 is 16.9 Å². The van der Waals surface area contributed by atoms with Crippen molar-refractivity contribution in [2.75, 3.05) is 5.32 Å². The fourth-order valence-electron chi connectivity index (χ4n) is 3.32. The third-order valence-corrected chi connectivity index (χ3v) is 4.58. The van der Waals surface area contributed by atoms with E-state index in [1.807, 2.05) is 26.2 Å². The van der Waals surface area contributed by atoms with Gasteiger partial charge in [-0.3, -0.25) is 4.68 Å². The minimum Gasteiger partial charge on any atom is -0.370 e. The van der Waals surface area contributed by atoms with Crippen LogP contribution in [-0.4, -0.2) is 37.1 Å². The number of fused-ring (bicyclic) bond motifs is 1. The van der Waals surface area contributed by atoms with Gasteiger partial charge in [0.25, 0.3) is 0 Å². The van der Waals surface area contributed by atoms with E-state index < -0.39 is 0 Å². The Bertz CT molecular complexity index is 850. The van der Waals surface area contributed by atoms with Crippen LogP contribution >= 0.6 is 0 Å². The van der Waals surface area contributed by atoms with E-state index in [0.717, 1.165) is 54.0 Å². The molecule has 0 aromatic carbocycles. The Balaban J connectivity index is 1.31. The number of nitrogens with one attached hydrogen (secondary N) is 1. The van der Waals surface area contributed by atoms with Crippen LogP contribution in [0.5, 0.6) is 0 Å². The van der Waals surface area contributed by atoms with Crippen molar-refractivity contribution in [1.82, 2.24) is 24.9 Å². The van der Waals surface area contributed by atoms with Gasteiger partial charge in [0.05, 0.1) is 17.2 Å². The lowest BCUT2D eigenvalue weighted by atomic mass is 9.93. The summed E-state index contributed by atoms with van der Waals surface area (Å²) < 4.78 is 12.9. The maximum absolute atomic E-state index is 5.95. The topological polar surface area (TPSA) is 90.9 Å². The second-order valence-corrected chi connectivity index (χ2v) is 6.63. The van der Waals surface area contributed by atoms with Gasteiger partial charge >= 0.3 is 0 Å². The summed E-state index contributed by atoms with van der Waals surface area (Å²) in [6, 6.07) is 2.31. The average molecular weight is 342 g/mol. The SMILES string of the molecule is Cc1cc(COC2CCC(Nc3ncnc4nn(C)cc34)CC2)on1. The summed E-state index contributed by atoms with van der Waals surface area (Å²) >= 11 is 0. The molecule has 0 spiro atoms. The largest absolute Gasteiger partial charge is 0.370 e. The number of aromatic nitrogens is 5. The highest BCUT2D eigenvalue weighted by Crippen LogP contribution is 2.26. The summed E-state index contributed by atoms with van der Waals surface area (Å²) in [6.07, 6.45) is 7.92. The van der Waals surface area contributed by atoms with E-state index in [1.54, 1.807) is 11.0 Å². The molecule has 1 fully saturated rings. The maximum Gasteiger partial charge on any atom is 0.186 e. The van der Waals surface area contributed by atoms with E-state index in [2.05, 4.69) is 25.5 Å². The van der Waals surface area contributed by atoms with Gasteiger partial charge in [-0.25, -0.2) is 9.97 Å². The van der Waals surface area contributed by atoms with Crippen molar-refractivity contribution in [3.63, 3.8) is 0 Å². The molecule has 132 valence electrons. The van der Waals surface area contributed by atoms with Crippen molar-refractivity contribution < 1.29 is 9.26 Å². The number of aryl methyl sites for hydroxylation is 2. The van der Waals surface area contributed by atoms with Gasteiger partial charge in [-0.05, 0) is 32.6 Å². The predicted octanol–water partition coefficient (Wildman–Crippen LogP) is 2.60. The lowest BCUT2D eigenvalue weighted by Crippen LogP contribution is -2.30. The normalized spacial score (nSPS) is 20.9. The average Bonchev–Trinajstić information content (AvgIpc) is 3.19. The standard InChI is InChI=1S/C17H22N6O2/c1-11-7-14(25-22-11)9-24-13-5-3-12(4-6-13)20-16-15-8-23(2)21-17(15)19-10-18-16/h7-8,10,12-13H,3-6,9H2,1-2H3,(H,18,19,20,21). The molecule has 1 aliphatic rings. The van der Waals surface area contributed by atoms with Gasteiger partial charge in [0, 0.05) is 25.4 Å². The molecular weight excluding hydrogens is 320 g/mol. The van der Waals surface area contributed by atoms with Crippen LogP contribution in [0.15, 0.2) is 23.1 Å². The molecule has 25 heavy (non-hydrogen) atoms. The molecule has 3 heterocycles. The Labute approximate surface area is 145 Å². The highest BCUT2D eigenvalue weighted by atomic mass is 16.5. The van der Waals surface area contributed by atoms with Crippen LogP contribution < -0.4 is 5.32 Å². The Morgan fingerprint density at radius 2 is 2.12 bits per heavy atom. The summed E-state index contributed by atoms with van der Waals surface area (Å²) in [4.78, 5) is 8.59. The fourth-order valence-corrected chi connectivity index (χ4v) is 3.32. The lowest BCUT2D eigenvalue weighted by molar-refractivity contribution is 0.00497.